The van der Waals surface area contributed by atoms with Crippen molar-refractivity contribution in [2.24, 2.45) is 0 Å². The van der Waals surface area contributed by atoms with Crippen molar-refractivity contribution in [1.82, 2.24) is 4.98 Å². The van der Waals surface area contributed by atoms with Gasteiger partial charge in [-0.3, -0.25) is 14.9 Å². The third kappa shape index (κ3) is 3.95. The summed E-state index contributed by atoms with van der Waals surface area (Å²) in [5, 5.41) is 8.19. The first kappa shape index (κ1) is 18.3. The minimum absolute atomic E-state index is 0.0501. The number of ether oxygens (including phenoxy) is 1. The molecule has 7 heteroatoms. The van der Waals surface area contributed by atoms with E-state index in [4.69, 9.17) is 4.74 Å². The van der Waals surface area contributed by atoms with E-state index in [0.717, 1.165) is 34.5 Å². The van der Waals surface area contributed by atoms with Crippen LogP contribution in [-0.4, -0.2) is 23.9 Å². The fourth-order valence-corrected chi connectivity index (χ4v) is 3.81. The molecule has 1 aromatic heterocycles. The van der Waals surface area contributed by atoms with Crippen LogP contribution in [-0.2, 0) is 22.6 Å². The molecule has 6 nitrogen and oxygen atoms in total. The average molecular weight is 393 g/mol. The Kier molecular flexibility index (Phi) is 5.18. The number of nitrogens with one attached hydrogen (secondary N) is 2. The number of rotatable bonds is 5. The van der Waals surface area contributed by atoms with Crippen LogP contribution in [0.1, 0.15) is 27.9 Å². The Hall–Kier alpha value is -3.03. The van der Waals surface area contributed by atoms with Gasteiger partial charge >= 0.3 is 0 Å². The first-order valence-corrected chi connectivity index (χ1v) is 9.78. The quantitative estimate of drug-likeness (QED) is 0.684. The smallest absolute Gasteiger partial charge is 0.257 e. The number of benzene rings is 2. The second-order valence-corrected chi connectivity index (χ2v) is 7.40. The summed E-state index contributed by atoms with van der Waals surface area (Å²) < 4.78 is 5.08. The van der Waals surface area contributed by atoms with Crippen molar-refractivity contribution in [2.45, 2.75) is 19.4 Å². The summed E-state index contributed by atoms with van der Waals surface area (Å²) in [5.74, 6) is -0.146. The third-order valence-electron chi connectivity index (χ3n) is 4.55. The number of thiazole rings is 1. The van der Waals surface area contributed by atoms with Crippen molar-refractivity contribution in [3.63, 3.8) is 0 Å². The van der Waals surface area contributed by atoms with E-state index in [0.29, 0.717) is 23.7 Å². The summed E-state index contributed by atoms with van der Waals surface area (Å²) in [4.78, 5) is 28.5. The molecule has 0 saturated carbocycles. The summed E-state index contributed by atoms with van der Waals surface area (Å²) in [7, 11) is 1.64. The molecule has 1 aliphatic rings. The van der Waals surface area contributed by atoms with E-state index in [1.54, 1.807) is 19.2 Å². The number of fused-ring (bicyclic) bond motifs is 1. The number of carbonyl (C=O) groups is 2. The van der Waals surface area contributed by atoms with Gasteiger partial charge in [0.2, 0.25) is 5.91 Å². The van der Waals surface area contributed by atoms with Crippen molar-refractivity contribution in [2.75, 3.05) is 17.7 Å². The van der Waals surface area contributed by atoms with Crippen LogP contribution in [0.25, 0.3) is 11.3 Å². The van der Waals surface area contributed by atoms with Crippen LogP contribution in [0.3, 0.4) is 0 Å². The van der Waals surface area contributed by atoms with Crippen LogP contribution >= 0.6 is 11.3 Å². The molecule has 0 bridgehead atoms. The van der Waals surface area contributed by atoms with Gasteiger partial charge in [0.1, 0.15) is 0 Å². The Labute approximate surface area is 166 Å². The lowest BCUT2D eigenvalue weighted by atomic mass is 9.99. The highest BCUT2D eigenvalue weighted by Gasteiger charge is 2.16. The molecule has 3 aromatic rings. The van der Waals surface area contributed by atoms with E-state index in [1.165, 1.54) is 11.3 Å². The molecule has 0 spiro atoms. The van der Waals surface area contributed by atoms with Gasteiger partial charge < -0.3 is 10.1 Å². The third-order valence-corrected chi connectivity index (χ3v) is 5.31. The van der Waals surface area contributed by atoms with Crippen molar-refractivity contribution < 1.29 is 14.3 Å². The van der Waals surface area contributed by atoms with Crippen LogP contribution < -0.4 is 10.6 Å². The molecule has 0 radical (unpaired) electrons. The summed E-state index contributed by atoms with van der Waals surface area (Å²) in [5.41, 5.74) is 5.32. The Balaban J connectivity index is 1.47. The number of amides is 2. The van der Waals surface area contributed by atoms with Gasteiger partial charge in [-0.05, 0) is 41.8 Å². The molecule has 0 unspecified atom stereocenters. The van der Waals surface area contributed by atoms with Crippen LogP contribution in [0.4, 0.5) is 10.8 Å². The second-order valence-electron chi connectivity index (χ2n) is 6.54. The van der Waals surface area contributed by atoms with Crippen LogP contribution in [0.5, 0.6) is 0 Å². The molecule has 142 valence electrons. The number of aryl methyl sites for hydroxylation is 1. The lowest BCUT2D eigenvalue weighted by molar-refractivity contribution is -0.116. The van der Waals surface area contributed by atoms with Gasteiger partial charge in [0, 0.05) is 35.7 Å². The minimum Gasteiger partial charge on any atom is -0.380 e. The zero-order chi connectivity index (χ0) is 19.5. The predicted octanol–water partition coefficient (Wildman–Crippen LogP) is 4.09. The summed E-state index contributed by atoms with van der Waals surface area (Å²) >= 11 is 1.38. The number of aromatic nitrogens is 1. The van der Waals surface area contributed by atoms with Crippen molar-refractivity contribution >= 4 is 34.0 Å². The van der Waals surface area contributed by atoms with Gasteiger partial charge in [-0.1, -0.05) is 18.2 Å². The zero-order valence-corrected chi connectivity index (χ0v) is 16.1. The molecule has 2 N–H and O–H groups in total. The monoisotopic (exact) mass is 393 g/mol. The molecular weight excluding hydrogens is 374 g/mol. The Bertz CT molecular complexity index is 1030. The fourth-order valence-electron chi connectivity index (χ4n) is 3.09. The molecule has 2 aromatic carbocycles. The second kappa shape index (κ2) is 7.92. The first-order valence-electron chi connectivity index (χ1n) is 8.90. The molecule has 28 heavy (non-hydrogen) atoms. The predicted molar refractivity (Wildman–Crippen MR) is 110 cm³/mol. The molecule has 2 amide bonds. The lowest BCUT2D eigenvalue weighted by Gasteiger charge is -2.17. The van der Waals surface area contributed by atoms with E-state index in [1.807, 2.05) is 35.7 Å². The number of nitrogens with zero attached hydrogens (tertiary/aromatic N) is 1. The van der Waals surface area contributed by atoms with Crippen LogP contribution in [0, 0.1) is 0 Å². The van der Waals surface area contributed by atoms with E-state index in [2.05, 4.69) is 15.6 Å². The summed E-state index contributed by atoms with van der Waals surface area (Å²) in [6.45, 7) is 0.516. The highest BCUT2D eigenvalue weighted by Crippen LogP contribution is 2.30. The molecule has 2 heterocycles. The number of methoxy groups -OCH3 is 1. The number of hydrogen-bond donors (Lipinski definition) is 2. The van der Waals surface area contributed by atoms with Gasteiger partial charge in [0.05, 0.1) is 12.3 Å². The van der Waals surface area contributed by atoms with E-state index < -0.39 is 0 Å². The molecule has 0 fully saturated rings. The van der Waals surface area contributed by atoms with Crippen LogP contribution in [0.15, 0.2) is 47.8 Å². The van der Waals surface area contributed by atoms with Gasteiger partial charge in [0.15, 0.2) is 5.13 Å². The largest absolute Gasteiger partial charge is 0.380 e. The van der Waals surface area contributed by atoms with Gasteiger partial charge in [-0.2, -0.15) is 0 Å². The maximum Gasteiger partial charge on any atom is 0.257 e. The zero-order valence-electron chi connectivity index (χ0n) is 15.3. The molecule has 0 saturated heterocycles. The average Bonchev–Trinajstić information content (AvgIpc) is 3.17. The van der Waals surface area contributed by atoms with Crippen molar-refractivity contribution in [3.8, 4) is 11.3 Å². The first-order chi connectivity index (χ1) is 13.6. The highest BCUT2D eigenvalue weighted by atomic mass is 32.1. The highest BCUT2D eigenvalue weighted by molar-refractivity contribution is 7.14. The fraction of sp³-hybridized carbons (Fsp3) is 0.190. The van der Waals surface area contributed by atoms with Crippen molar-refractivity contribution in [3.05, 3.63) is 64.5 Å². The number of carbonyl (C=O) groups excluding carboxylic acids is 2. The lowest BCUT2D eigenvalue weighted by Crippen LogP contribution is -2.18. The number of anilines is 2. The number of hydrogen-bond acceptors (Lipinski definition) is 5. The maximum absolute atomic E-state index is 12.4. The normalized spacial score (nSPS) is 13.0. The standard InChI is InChI=1S/C21H19N3O3S/c1-27-11-13-2-4-14(5-3-13)20(26)24-21-23-18(12-28-21)16-6-8-17-15(10-16)7-9-19(25)22-17/h2-6,8,10,12H,7,9,11H2,1H3,(H,22,25)(H,23,24,26). The molecule has 0 aliphatic carbocycles. The van der Waals surface area contributed by atoms with E-state index >= 15 is 0 Å². The van der Waals surface area contributed by atoms with E-state index in [9.17, 15) is 9.59 Å². The minimum atomic E-state index is -0.196. The van der Waals surface area contributed by atoms with Crippen LogP contribution in [0.2, 0.25) is 0 Å². The maximum atomic E-state index is 12.4. The Morgan fingerprint density at radius 1 is 1.21 bits per heavy atom. The van der Waals surface area contributed by atoms with E-state index in [-0.39, 0.29) is 11.8 Å². The Morgan fingerprint density at radius 2 is 2.04 bits per heavy atom. The topological polar surface area (TPSA) is 80.3 Å². The van der Waals surface area contributed by atoms with Gasteiger partial charge in [-0.25, -0.2) is 4.98 Å². The SMILES string of the molecule is COCc1ccc(C(=O)Nc2nc(-c3ccc4c(c3)CCC(=O)N4)cs2)cc1. The van der Waals surface area contributed by atoms with Gasteiger partial charge in [-0.15, -0.1) is 11.3 Å². The van der Waals surface area contributed by atoms with Gasteiger partial charge in [0.25, 0.3) is 5.91 Å². The summed E-state index contributed by atoms with van der Waals surface area (Å²) in [6.07, 6.45) is 1.22. The molecular formula is C21H19N3O3S. The van der Waals surface area contributed by atoms with Crippen molar-refractivity contribution in [1.29, 1.82) is 0 Å². The Morgan fingerprint density at radius 3 is 2.82 bits per heavy atom. The molecule has 4 rings (SSSR count). The molecule has 1 aliphatic heterocycles. The molecule has 0 atom stereocenters. The summed E-state index contributed by atoms with van der Waals surface area (Å²) in [6, 6.07) is 13.2.